The van der Waals surface area contributed by atoms with E-state index < -0.39 is 15.9 Å². The summed E-state index contributed by atoms with van der Waals surface area (Å²) in [5.74, 6) is -0.779. The maximum absolute atomic E-state index is 14.3. The Morgan fingerprint density at radius 1 is 0.816 bits per heavy atom. The minimum absolute atomic E-state index is 0.0133. The minimum Gasteiger partial charge on any atom is -0.497 e. The zero-order valence-electron chi connectivity index (χ0n) is 20.9. The highest BCUT2D eigenvalue weighted by atomic mass is 32.2. The number of nitrogens with zero attached hydrogens (tertiary/aromatic N) is 3. The van der Waals surface area contributed by atoms with E-state index in [9.17, 15) is 13.2 Å². The fourth-order valence-electron chi connectivity index (χ4n) is 4.26. The Balaban J connectivity index is 1.75. The molecule has 0 aromatic heterocycles. The van der Waals surface area contributed by atoms with Crippen LogP contribution in [0.3, 0.4) is 0 Å². The Labute approximate surface area is 221 Å². The highest BCUT2D eigenvalue weighted by molar-refractivity contribution is 7.90. The molecule has 8 heteroatoms. The van der Waals surface area contributed by atoms with Crippen LogP contribution in [0.15, 0.2) is 123 Å². The summed E-state index contributed by atoms with van der Waals surface area (Å²) >= 11 is 0. The predicted octanol–water partition coefficient (Wildman–Crippen LogP) is 5.37. The van der Waals surface area contributed by atoms with E-state index in [4.69, 9.17) is 9.73 Å². The van der Waals surface area contributed by atoms with Gasteiger partial charge < -0.3 is 4.74 Å². The first kappa shape index (κ1) is 25.1. The molecule has 1 aliphatic heterocycles. The summed E-state index contributed by atoms with van der Waals surface area (Å²) in [6.45, 7) is 1.87. The SMILES string of the molecule is COc1ccc(N2C(=O)C(c3ccccc3)C(c3ccccc3)=N/C2=N\S(=O)(=O)c2ccc(C)cc2)cc1. The predicted molar refractivity (Wildman–Crippen MR) is 148 cm³/mol. The van der Waals surface area contributed by atoms with Crippen LogP contribution >= 0.6 is 0 Å². The van der Waals surface area contributed by atoms with Crippen molar-refractivity contribution in [3.05, 3.63) is 126 Å². The second kappa shape index (κ2) is 10.4. The number of aryl methyl sites for hydroxylation is 1. The van der Waals surface area contributed by atoms with Crippen molar-refractivity contribution >= 4 is 33.3 Å². The lowest BCUT2D eigenvalue weighted by atomic mass is 9.87. The van der Waals surface area contributed by atoms with Gasteiger partial charge in [0.25, 0.3) is 10.0 Å². The molecule has 5 rings (SSSR count). The van der Waals surface area contributed by atoms with Gasteiger partial charge in [-0.05, 0) is 54.4 Å². The molecule has 0 radical (unpaired) electrons. The molecule has 0 aliphatic carbocycles. The van der Waals surface area contributed by atoms with Crippen molar-refractivity contribution in [3.63, 3.8) is 0 Å². The van der Waals surface area contributed by atoms with Crippen molar-refractivity contribution in [2.24, 2.45) is 9.39 Å². The standard InChI is InChI=1S/C30H25N3O4S/c1-21-13-19-26(20-14-21)38(35,36)32-30-31-28(23-11-7-4-8-12-23)27(22-9-5-3-6-10-22)29(34)33(30)24-15-17-25(37-2)18-16-24/h3-20,27H,1-2H3/b32-30+. The minimum atomic E-state index is -4.18. The van der Waals surface area contributed by atoms with Crippen LogP contribution in [0, 0.1) is 6.92 Å². The number of amides is 1. The van der Waals surface area contributed by atoms with Gasteiger partial charge in [-0.2, -0.15) is 8.42 Å². The van der Waals surface area contributed by atoms with Crippen LogP contribution in [-0.2, 0) is 14.8 Å². The summed E-state index contributed by atoms with van der Waals surface area (Å²) in [5, 5.41) is 0. The molecule has 1 atom stereocenters. The van der Waals surface area contributed by atoms with Gasteiger partial charge >= 0.3 is 0 Å². The third-order valence-corrected chi connectivity index (χ3v) is 7.49. The number of anilines is 1. The van der Waals surface area contributed by atoms with Crippen molar-refractivity contribution in [2.75, 3.05) is 12.0 Å². The third-order valence-electron chi connectivity index (χ3n) is 6.21. The molecule has 1 unspecified atom stereocenters. The smallest absolute Gasteiger partial charge is 0.285 e. The quantitative estimate of drug-likeness (QED) is 0.340. The number of guanidine groups is 1. The first-order valence-electron chi connectivity index (χ1n) is 12.0. The van der Waals surface area contributed by atoms with Crippen molar-refractivity contribution in [3.8, 4) is 5.75 Å². The highest BCUT2D eigenvalue weighted by Gasteiger charge is 2.39. The average molecular weight is 524 g/mol. The van der Waals surface area contributed by atoms with E-state index in [2.05, 4.69) is 4.40 Å². The Hall–Kier alpha value is -4.56. The summed E-state index contributed by atoms with van der Waals surface area (Å²) in [6, 6.07) is 31.7. The lowest BCUT2D eigenvalue weighted by Crippen LogP contribution is -2.47. The van der Waals surface area contributed by atoms with Gasteiger partial charge in [0.1, 0.15) is 11.7 Å². The van der Waals surface area contributed by atoms with E-state index in [1.165, 1.54) is 17.0 Å². The third kappa shape index (κ3) is 4.99. The lowest BCUT2D eigenvalue weighted by molar-refractivity contribution is -0.117. The normalized spacial score (nSPS) is 16.8. The number of aliphatic imine (C=N–C) groups is 1. The van der Waals surface area contributed by atoms with Gasteiger partial charge in [-0.15, -0.1) is 4.40 Å². The lowest BCUT2D eigenvalue weighted by Gasteiger charge is -2.32. The molecule has 0 saturated heterocycles. The van der Waals surface area contributed by atoms with E-state index in [0.717, 1.165) is 11.1 Å². The molecule has 4 aromatic rings. The maximum atomic E-state index is 14.3. The molecule has 0 saturated carbocycles. The number of carbonyl (C=O) groups is 1. The summed E-state index contributed by atoms with van der Waals surface area (Å²) in [4.78, 5) is 20.3. The van der Waals surface area contributed by atoms with E-state index in [1.54, 1.807) is 43.5 Å². The number of ether oxygens (including phenoxy) is 1. The molecule has 1 aliphatic rings. The molecular weight excluding hydrogens is 498 g/mol. The van der Waals surface area contributed by atoms with Gasteiger partial charge in [-0.3, -0.25) is 4.79 Å². The summed E-state index contributed by atoms with van der Waals surface area (Å²) in [7, 11) is -2.63. The van der Waals surface area contributed by atoms with E-state index >= 15 is 0 Å². The number of hydrogen-bond acceptors (Lipinski definition) is 4. The molecule has 1 amide bonds. The zero-order chi connectivity index (χ0) is 26.7. The average Bonchev–Trinajstić information content (AvgIpc) is 2.94. The van der Waals surface area contributed by atoms with Crippen molar-refractivity contribution in [2.45, 2.75) is 17.7 Å². The van der Waals surface area contributed by atoms with E-state index in [-0.39, 0.29) is 16.8 Å². The largest absolute Gasteiger partial charge is 0.497 e. The van der Waals surface area contributed by atoms with E-state index in [1.807, 2.05) is 67.6 Å². The van der Waals surface area contributed by atoms with Crippen LogP contribution in [-0.4, -0.2) is 33.1 Å². The van der Waals surface area contributed by atoms with Gasteiger partial charge in [0.05, 0.1) is 23.4 Å². The van der Waals surface area contributed by atoms with Crippen LogP contribution in [0.2, 0.25) is 0 Å². The van der Waals surface area contributed by atoms with Gasteiger partial charge in [0.15, 0.2) is 0 Å². The van der Waals surface area contributed by atoms with Crippen LogP contribution in [0.25, 0.3) is 0 Å². The van der Waals surface area contributed by atoms with Gasteiger partial charge in [-0.1, -0.05) is 78.4 Å². The fraction of sp³-hybridized carbons (Fsp3) is 0.100. The first-order valence-corrected chi connectivity index (χ1v) is 13.4. The van der Waals surface area contributed by atoms with Crippen LogP contribution in [0.4, 0.5) is 5.69 Å². The van der Waals surface area contributed by atoms with Crippen LogP contribution < -0.4 is 9.64 Å². The molecule has 0 fully saturated rings. The van der Waals surface area contributed by atoms with Crippen LogP contribution in [0.1, 0.15) is 22.6 Å². The summed E-state index contributed by atoms with van der Waals surface area (Å²) in [6.07, 6.45) is 0. The van der Waals surface area contributed by atoms with Crippen LogP contribution in [0.5, 0.6) is 5.75 Å². The topological polar surface area (TPSA) is 88.4 Å². The van der Waals surface area contributed by atoms with Gasteiger partial charge in [0.2, 0.25) is 11.9 Å². The number of benzene rings is 4. The Bertz CT molecular complexity index is 1610. The van der Waals surface area contributed by atoms with Gasteiger partial charge in [0, 0.05) is 0 Å². The molecule has 190 valence electrons. The molecule has 38 heavy (non-hydrogen) atoms. The zero-order valence-corrected chi connectivity index (χ0v) is 21.7. The molecular formula is C30H25N3O4S. The fourth-order valence-corrected chi connectivity index (χ4v) is 5.18. The second-order valence-corrected chi connectivity index (χ2v) is 10.4. The Kier molecular flexibility index (Phi) is 6.89. The highest BCUT2D eigenvalue weighted by Crippen LogP contribution is 2.33. The Morgan fingerprint density at radius 3 is 2.03 bits per heavy atom. The first-order chi connectivity index (χ1) is 18.4. The molecule has 7 nitrogen and oxygen atoms in total. The van der Waals surface area contributed by atoms with Crippen molar-refractivity contribution in [1.29, 1.82) is 0 Å². The molecule has 1 heterocycles. The number of hydrogen-bond donors (Lipinski definition) is 0. The molecule has 0 bridgehead atoms. The number of methoxy groups -OCH3 is 1. The second-order valence-electron chi connectivity index (χ2n) is 8.76. The molecule has 0 N–H and O–H groups in total. The van der Waals surface area contributed by atoms with Crippen molar-refractivity contribution in [1.82, 2.24) is 0 Å². The van der Waals surface area contributed by atoms with Gasteiger partial charge in [-0.25, -0.2) is 9.89 Å². The Morgan fingerprint density at radius 2 is 1.42 bits per heavy atom. The maximum Gasteiger partial charge on any atom is 0.285 e. The number of carbonyl (C=O) groups excluding carboxylic acids is 1. The number of sulfonamides is 1. The van der Waals surface area contributed by atoms with E-state index in [0.29, 0.717) is 22.7 Å². The number of rotatable bonds is 6. The molecule has 4 aromatic carbocycles. The summed E-state index contributed by atoms with van der Waals surface area (Å²) < 4.78 is 36.1. The monoisotopic (exact) mass is 523 g/mol. The molecule has 0 spiro atoms. The summed E-state index contributed by atoms with van der Waals surface area (Å²) in [5.41, 5.74) is 3.19. The van der Waals surface area contributed by atoms with Crippen molar-refractivity contribution < 1.29 is 17.9 Å².